The molecule has 1 aliphatic carbocycles. The van der Waals surface area contributed by atoms with E-state index in [0.717, 1.165) is 51.7 Å². The van der Waals surface area contributed by atoms with Crippen LogP contribution in [0.15, 0.2) is 0 Å². The average Bonchev–Trinajstić information content (AvgIpc) is 2.86. The van der Waals surface area contributed by atoms with Gasteiger partial charge in [-0.05, 0) is 38.0 Å². The second-order valence-electron chi connectivity index (χ2n) is 6.13. The molecule has 0 aromatic rings. The standard InChI is InChI=1S/C15H27NO3/c1-12-5-3-8-15(9-7-12,14(17)18-2)16-11-13-6-4-10-19-13/h12-13,16H,3-11H2,1-2H3. The van der Waals surface area contributed by atoms with Gasteiger partial charge in [-0.15, -0.1) is 0 Å². The second-order valence-corrected chi connectivity index (χ2v) is 6.13. The van der Waals surface area contributed by atoms with Gasteiger partial charge in [0.2, 0.25) is 0 Å². The van der Waals surface area contributed by atoms with E-state index in [1.54, 1.807) is 0 Å². The first-order valence-electron chi connectivity index (χ1n) is 7.61. The highest BCUT2D eigenvalue weighted by molar-refractivity contribution is 5.80. The Morgan fingerprint density at radius 1 is 1.32 bits per heavy atom. The van der Waals surface area contributed by atoms with Crippen LogP contribution in [0.1, 0.15) is 51.9 Å². The number of methoxy groups -OCH3 is 1. The third-order valence-electron chi connectivity index (χ3n) is 4.63. The quantitative estimate of drug-likeness (QED) is 0.628. The first kappa shape index (κ1) is 14.8. The summed E-state index contributed by atoms with van der Waals surface area (Å²) >= 11 is 0. The summed E-state index contributed by atoms with van der Waals surface area (Å²) in [6, 6.07) is 0. The smallest absolute Gasteiger partial charge is 0.326 e. The molecule has 0 aromatic carbocycles. The molecule has 2 fully saturated rings. The van der Waals surface area contributed by atoms with Gasteiger partial charge >= 0.3 is 5.97 Å². The summed E-state index contributed by atoms with van der Waals surface area (Å²) in [6.07, 6.45) is 7.66. The molecule has 3 unspecified atom stereocenters. The van der Waals surface area contributed by atoms with E-state index in [0.29, 0.717) is 5.92 Å². The fourth-order valence-corrected chi connectivity index (χ4v) is 3.28. The van der Waals surface area contributed by atoms with Crippen LogP contribution in [-0.4, -0.2) is 37.9 Å². The van der Waals surface area contributed by atoms with E-state index in [1.807, 2.05) is 0 Å². The monoisotopic (exact) mass is 269 g/mol. The molecule has 2 rings (SSSR count). The molecular formula is C15H27NO3. The van der Waals surface area contributed by atoms with Crippen molar-refractivity contribution in [2.75, 3.05) is 20.3 Å². The van der Waals surface area contributed by atoms with Gasteiger partial charge in [-0.25, -0.2) is 0 Å². The molecule has 3 atom stereocenters. The van der Waals surface area contributed by atoms with Crippen LogP contribution >= 0.6 is 0 Å². The van der Waals surface area contributed by atoms with Crippen LogP contribution in [0.5, 0.6) is 0 Å². The lowest BCUT2D eigenvalue weighted by atomic mass is 9.89. The molecule has 4 heteroatoms. The zero-order valence-corrected chi connectivity index (χ0v) is 12.2. The van der Waals surface area contributed by atoms with Crippen LogP contribution in [0.25, 0.3) is 0 Å². The van der Waals surface area contributed by atoms with E-state index in [4.69, 9.17) is 9.47 Å². The lowest BCUT2D eigenvalue weighted by Crippen LogP contribution is -2.54. The third kappa shape index (κ3) is 3.69. The minimum Gasteiger partial charge on any atom is -0.468 e. The molecular weight excluding hydrogens is 242 g/mol. The average molecular weight is 269 g/mol. The van der Waals surface area contributed by atoms with Crippen molar-refractivity contribution in [2.45, 2.75) is 63.5 Å². The predicted octanol–water partition coefficient (Wildman–Crippen LogP) is 2.27. The maximum Gasteiger partial charge on any atom is 0.326 e. The van der Waals surface area contributed by atoms with Gasteiger partial charge in [0.15, 0.2) is 0 Å². The summed E-state index contributed by atoms with van der Waals surface area (Å²) in [6.45, 7) is 3.89. The third-order valence-corrected chi connectivity index (χ3v) is 4.63. The molecule has 1 N–H and O–H groups in total. The molecule has 0 aromatic heterocycles. The Hall–Kier alpha value is -0.610. The highest BCUT2D eigenvalue weighted by atomic mass is 16.5. The van der Waals surface area contributed by atoms with Crippen LogP contribution < -0.4 is 5.32 Å². The number of esters is 1. The van der Waals surface area contributed by atoms with Crippen LogP contribution in [0, 0.1) is 5.92 Å². The van der Waals surface area contributed by atoms with Crippen molar-refractivity contribution in [3.63, 3.8) is 0 Å². The summed E-state index contributed by atoms with van der Waals surface area (Å²) in [5, 5.41) is 3.49. The van der Waals surface area contributed by atoms with Crippen molar-refractivity contribution < 1.29 is 14.3 Å². The van der Waals surface area contributed by atoms with E-state index in [-0.39, 0.29) is 12.1 Å². The Balaban J connectivity index is 1.98. The minimum absolute atomic E-state index is 0.0976. The van der Waals surface area contributed by atoms with Gasteiger partial charge in [0.25, 0.3) is 0 Å². The number of rotatable bonds is 4. The molecule has 1 heterocycles. The van der Waals surface area contributed by atoms with E-state index in [9.17, 15) is 4.79 Å². The lowest BCUT2D eigenvalue weighted by molar-refractivity contribution is -0.149. The normalized spacial score (nSPS) is 35.9. The summed E-state index contributed by atoms with van der Waals surface area (Å²) in [5.41, 5.74) is -0.481. The van der Waals surface area contributed by atoms with Crippen molar-refractivity contribution in [2.24, 2.45) is 5.92 Å². The van der Waals surface area contributed by atoms with Crippen molar-refractivity contribution in [1.29, 1.82) is 0 Å². The fraction of sp³-hybridized carbons (Fsp3) is 0.933. The molecule has 0 spiro atoms. The summed E-state index contributed by atoms with van der Waals surface area (Å²) < 4.78 is 10.7. The maximum absolute atomic E-state index is 12.2. The number of ether oxygens (including phenoxy) is 2. The Kier molecular flexibility index (Phi) is 5.22. The van der Waals surface area contributed by atoms with Gasteiger partial charge in [0.1, 0.15) is 5.54 Å². The summed E-state index contributed by atoms with van der Waals surface area (Å²) in [7, 11) is 1.49. The predicted molar refractivity (Wildman–Crippen MR) is 74.0 cm³/mol. The van der Waals surface area contributed by atoms with Crippen molar-refractivity contribution >= 4 is 5.97 Å². The molecule has 0 radical (unpaired) electrons. The number of hydrogen-bond acceptors (Lipinski definition) is 4. The van der Waals surface area contributed by atoms with E-state index >= 15 is 0 Å². The van der Waals surface area contributed by atoms with Crippen LogP contribution in [-0.2, 0) is 14.3 Å². The van der Waals surface area contributed by atoms with Gasteiger partial charge in [0.05, 0.1) is 13.2 Å². The summed E-state index contributed by atoms with van der Waals surface area (Å²) in [5.74, 6) is 0.607. The van der Waals surface area contributed by atoms with Gasteiger partial charge in [-0.1, -0.05) is 19.8 Å². The van der Waals surface area contributed by atoms with E-state index < -0.39 is 5.54 Å². The van der Waals surface area contributed by atoms with E-state index in [2.05, 4.69) is 12.2 Å². The van der Waals surface area contributed by atoms with Crippen LogP contribution in [0.4, 0.5) is 0 Å². The Labute approximate surface area is 116 Å². The first-order chi connectivity index (χ1) is 9.16. The maximum atomic E-state index is 12.2. The highest BCUT2D eigenvalue weighted by Gasteiger charge is 2.40. The Morgan fingerprint density at radius 2 is 2.16 bits per heavy atom. The zero-order valence-electron chi connectivity index (χ0n) is 12.2. The minimum atomic E-state index is -0.481. The lowest BCUT2D eigenvalue weighted by Gasteiger charge is -2.32. The number of hydrogen-bond donors (Lipinski definition) is 1. The summed E-state index contributed by atoms with van der Waals surface area (Å²) in [4.78, 5) is 12.2. The number of nitrogens with one attached hydrogen (secondary N) is 1. The largest absolute Gasteiger partial charge is 0.468 e. The number of carbonyl (C=O) groups excluding carboxylic acids is 1. The molecule has 1 saturated heterocycles. The molecule has 19 heavy (non-hydrogen) atoms. The molecule has 0 bridgehead atoms. The van der Waals surface area contributed by atoms with Crippen LogP contribution in [0.2, 0.25) is 0 Å². The molecule has 0 amide bonds. The fourth-order valence-electron chi connectivity index (χ4n) is 3.28. The zero-order chi connectivity index (χ0) is 13.7. The van der Waals surface area contributed by atoms with Crippen molar-refractivity contribution in [3.05, 3.63) is 0 Å². The van der Waals surface area contributed by atoms with Gasteiger partial charge in [-0.3, -0.25) is 10.1 Å². The van der Waals surface area contributed by atoms with Gasteiger partial charge < -0.3 is 9.47 Å². The van der Waals surface area contributed by atoms with Crippen LogP contribution in [0.3, 0.4) is 0 Å². The molecule has 2 aliphatic rings. The molecule has 110 valence electrons. The topological polar surface area (TPSA) is 47.6 Å². The molecule has 4 nitrogen and oxygen atoms in total. The first-order valence-corrected chi connectivity index (χ1v) is 7.61. The number of carbonyl (C=O) groups is 1. The van der Waals surface area contributed by atoms with Gasteiger partial charge in [-0.2, -0.15) is 0 Å². The highest BCUT2D eigenvalue weighted by Crippen LogP contribution is 2.31. The SMILES string of the molecule is COC(=O)C1(NCC2CCCO2)CCCC(C)CC1. The van der Waals surface area contributed by atoms with E-state index in [1.165, 1.54) is 13.5 Å². The van der Waals surface area contributed by atoms with Gasteiger partial charge in [0, 0.05) is 13.2 Å². The molecule has 1 aliphatic heterocycles. The Morgan fingerprint density at radius 3 is 2.84 bits per heavy atom. The molecule has 1 saturated carbocycles. The Bertz CT molecular complexity index is 302. The van der Waals surface area contributed by atoms with Crippen molar-refractivity contribution in [1.82, 2.24) is 5.32 Å². The van der Waals surface area contributed by atoms with Crippen molar-refractivity contribution in [3.8, 4) is 0 Å². The second kappa shape index (κ2) is 6.71.